The summed E-state index contributed by atoms with van der Waals surface area (Å²) in [7, 11) is 1.45. The quantitative estimate of drug-likeness (QED) is 0.732. The van der Waals surface area contributed by atoms with Gasteiger partial charge in [-0.25, -0.2) is 4.39 Å². The molecule has 124 valence electrons. The topological polar surface area (TPSA) is 26.3 Å². The first-order valence-corrected chi connectivity index (χ1v) is 7.41. The molecule has 0 spiro atoms. The molecule has 3 heteroatoms. The Kier molecular flexibility index (Phi) is 10.9. The van der Waals surface area contributed by atoms with E-state index in [1.54, 1.807) is 6.07 Å². The summed E-state index contributed by atoms with van der Waals surface area (Å²) in [5.74, 6) is 0.0121. The van der Waals surface area contributed by atoms with Crippen LogP contribution in [0.1, 0.15) is 25.0 Å². The maximum atomic E-state index is 12.7. The van der Waals surface area contributed by atoms with Crippen LogP contribution >= 0.6 is 0 Å². The molecule has 0 fully saturated rings. The molecule has 0 aliphatic carbocycles. The van der Waals surface area contributed by atoms with Gasteiger partial charge in [-0.15, -0.1) is 0 Å². The fourth-order valence-corrected chi connectivity index (χ4v) is 1.49. The minimum Gasteiger partial charge on any atom is -0.494 e. The summed E-state index contributed by atoms with van der Waals surface area (Å²) in [5.41, 5.74) is 2.31. The largest absolute Gasteiger partial charge is 0.494 e. The average Bonchev–Trinajstić information content (AvgIpc) is 2.57. The Hall–Kier alpha value is -2.42. The molecular weight excluding hydrogens is 291 g/mol. The number of ether oxygens (including phenoxy) is 1. The van der Waals surface area contributed by atoms with E-state index in [2.05, 4.69) is 37.8 Å². The molecule has 0 bridgehead atoms. The monoisotopic (exact) mass is 316 g/mol. The Labute approximate surface area is 138 Å². The summed E-state index contributed by atoms with van der Waals surface area (Å²) in [6, 6.07) is 15.3. The third-order valence-electron chi connectivity index (χ3n) is 2.85. The number of ketones is 1. The van der Waals surface area contributed by atoms with Crippen LogP contribution in [-0.4, -0.2) is 12.9 Å². The van der Waals surface area contributed by atoms with Gasteiger partial charge in [-0.05, 0) is 49.6 Å². The zero-order chi connectivity index (χ0) is 17.7. The SMILES string of the molecule is C=CC(C)=O.CCc1ccccc1.COc1ccc(C)cc1F. The van der Waals surface area contributed by atoms with Crippen LogP contribution in [0, 0.1) is 12.7 Å². The Morgan fingerprint density at radius 1 is 1.22 bits per heavy atom. The Bertz CT molecular complexity index is 592. The fourth-order valence-electron chi connectivity index (χ4n) is 1.49. The van der Waals surface area contributed by atoms with Gasteiger partial charge in [-0.1, -0.05) is 49.9 Å². The number of allylic oxidation sites excluding steroid dienone is 1. The third kappa shape index (κ3) is 10.0. The van der Waals surface area contributed by atoms with Gasteiger partial charge in [0.2, 0.25) is 0 Å². The van der Waals surface area contributed by atoms with Gasteiger partial charge >= 0.3 is 0 Å². The lowest BCUT2D eigenvalue weighted by Gasteiger charge is -2.00. The first kappa shape index (κ1) is 20.6. The average molecular weight is 316 g/mol. The Balaban J connectivity index is 0.000000335. The van der Waals surface area contributed by atoms with E-state index in [0.717, 1.165) is 12.0 Å². The lowest BCUT2D eigenvalue weighted by atomic mass is 10.2. The van der Waals surface area contributed by atoms with E-state index in [9.17, 15) is 9.18 Å². The molecule has 23 heavy (non-hydrogen) atoms. The number of halogens is 1. The highest BCUT2D eigenvalue weighted by atomic mass is 19.1. The highest BCUT2D eigenvalue weighted by Crippen LogP contribution is 2.16. The molecule has 0 amide bonds. The summed E-state index contributed by atoms with van der Waals surface area (Å²) >= 11 is 0. The normalized spacial score (nSPS) is 8.74. The molecule has 2 aromatic rings. The Morgan fingerprint density at radius 2 is 1.78 bits per heavy atom. The van der Waals surface area contributed by atoms with Crippen molar-refractivity contribution in [2.24, 2.45) is 0 Å². The molecular formula is C20H25FO2. The van der Waals surface area contributed by atoms with Crippen LogP contribution in [0.3, 0.4) is 0 Å². The molecule has 2 aromatic carbocycles. The maximum absolute atomic E-state index is 12.7. The molecule has 0 aromatic heterocycles. The van der Waals surface area contributed by atoms with Crippen molar-refractivity contribution >= 4 is 5.78 Å². The fraction of sp³-hybridized carbons (Fsp3) is 0.250. The van der Waals surface area contributed by atoms with E-state index in [4.69, 9.17) is 4.74 Å². The molecule has 0 N–H and O–H groups in total. The standard InChI is InChI=1S/C8H9FO.C8H10.C4H6O/c1-6-3-4-8(10-2)7(9)5-6;1-2-8-6-4-3-5-7-8;1-3-4(2)5/h3-5H,1-2H3;3-7H,2H2,1H3;3H,1H2,2H3. The Morgan fingerprint density at radius 3 is 2.13 bits per heavy atom. The molecule has 0 aliphatic heterocycles. The lowest BCUT2D eigenvalue weighted by molar-refractivity contribution is -0.112. The predicted molar refractivity (Wildman–Crippen MR) is 94.4 cm³/mol. The van der Waals surface area contributed by atoms with E-state index < -0.39 is 0 Å². The number of carbonyl (C=O) groups excluding carboxylic acids is 1. The highest BCUT2D eigenvalue weighted by molar-refractivity contribution is 5.86. The van der Waals surface area contributed by atoms with Crippen molar-refractivity contribution < 1.29 is 13.9 Å². The number of benzene rings is 2. The van der Waals surface area contributed by atoms with E-state index >= 15 is 0 Å². The van der Waals surface area contributed by atoms with Crippen molar-refractivity contribution in [3.05, 3.63) is 78.1 Å². The second kappa shape index (κ2) is 12.2. The van der Waals surface area contributed by atoms with Gasteiger partial charge in [0.25, 0.3) is 0 Å². The van der Waals surface area contributed by atoms with Crippen LogP contribution in [0.2, 0.25) is 0 Å². The van der Waals surface area contributed by atoms with Crippen LogP contribution < -0.4 is 4.74 Å². The van der Waals surface area contributed by atoms with Crippen LogP contribution in [0.4, 0.5) is 4.39 Å². The molecule has 0 heterocycles. The number of hydrogen-bond donors (Lipinski definition) is 0. The van der Waals surface area contributed by atoms with Crippen molar-refractivity contribution in [2.45, 2.75) is 27.2 Å². The number of carbonyl (C=O) groups is 1. The smallest absolute Gasteiger partial charge is 0.165 e. The summed E-state index contributed by atoms with van der Waals surface area (Å²) in [4.78, 5) is 9.69. The van der Waals surface area contributed by atoms with Gasteiger partial charge in [-0.2, -0.15) is 0 Å². The number of hydrogen-bond acceptors (Lipinski definition) is 2. The molecule has 0 aliphatic rings. The molecule has 2 rings (SSSR count). The van der Waals surface area contributed by atoms with Crippen molar-refractivity contribution in [1.29, 1.82) is 0 Å². The molecule has 0 saturated carbocycles. The number of methoxy groups -OCH3 is 1. The maximum Gasteiger partial charge on any atom is 0.165 e. The van der Waals surface area contributed by atoms with Gasteiger partial charge in [0, 0.05) is 0 Å². The number of aryl methyl sites for hydroxylation is 2. The van der Waals surface area contributed by atoms with Crippen LogP contribution in [0.15, 0.2) is 61.2 Å². The van der Waals surface area contributed by atoms with E-state index in [0.29, 0.717) is 5.75 Å². The second-order valence-corrected chi connectivity index (χ2v) is 4.79. The highest BCUT2D eigenvalue weighted by Gasteiger charge is 1.99. The zero-order valence-electron chi connectivity index (χ0n) is 14.3. The second-order valence-electron chi connectivity index (χ2n) is 4.79. The van der Waals surface area contributed by atoms with Gasteiger partial charge in [0.05, 0.1) is 7.11 Å². The van der Waals surface area contributed by atoms with Gasteiger partial charge in [0.15, 0.2) is 17.3 Å². The van der Waals surface area contributed by atoms with Crippen molar-refractivity contribution in [3.63, 3.8) is 0 Å². The van der Waals surface area contributed by atoms with Crippen LogP contribution in [-0.2, 0) is 11.2 Å². The zero-order valence-corrected chi connectivity index (χ0v) is 14.3. The van der Waals surface area contributed by atoms with Crippen molar-refractivity contribution in [1.82, 2.24) is 0 Å². The molecule has 0 unspecified atom stereocenters. The first-order valence-electron chi connectivity index (χ1n) is 7.41. The summed E-state index contributed by atoms with van der Waals surface area (Å²) in [6.45, 7) is 8.67. The molecule has 0 radical (unpaired) electrons. The van der Waals surface area contributed by atoms with E-state index in [-0.39, 0.29) is 11.6 Å². The minimum atomic E-state index is -0.303. The number of rotatable bonds is 3. The predicted octanol–water partition coefficient (Wildman–Crippen LogP) is 5.15. The van der Waals surface area contributed by atoms with Crippen LogP contribution in [0.5, 0.6) is 5.75 Å². The van der Waals surface area contributed by atoms with Crippen molar-refractivity contribution in [2.75, 3.05) is 7.11 Å². The van der Waals surface area contributed by atoms with Gasteiger partial charge in [-0.3, -0.25) is 4.79 Å². The summed E-state index contributed by atoms with van der Waals surface area (Å²) in [6.07, 6.45) is 2.42. The molecule has 2 nitrogen and oxygen atoms in total. The first-order chi connectivity index (χ1) is 10.9. The van der Waals surface area contributed by atoms with Gasteiger partial charge in [0.1, 0.15) is 0 Å². The van der Waals surface area contributed by atoms with Crippen LogP contribution in [0.25, 0.3) is 0 Å². The molecule has 0 atom stereocenters. The van der Waals surface area contributed by atoms with Crippen molar-refractivity contribution in [3.8, 4) is 5.75 Å². The van der Waals surface area contributed by atoms with E-state index in [1.165, 1.54) is 31.7 Å². The third-order valence-corrected chi connectivity index (χ3v) is 2.85. The van der Waals surface area contributed by atoms with Gasteiger partial charge < -0.3 is 4.74 Å². The molecule has 0 saturated heterocycles. The summed E-state index contributed by atoms with van der Waals surface area (Å²) < 4.78 is 17.5. The summed E-state index contributed by atoms with van der Waals surface area (Å²) in [5, 5.41) is 0. The minimum absolute atomic E-state index is 0.0185. The van der Waals surface area contributed by atoms with E-state index in [1.807, 2.05) is 19.1 Å². The lowest BCUT2D eigenvalue weighted by Crippen LogP contribution is -1.87.